The summed E-state index contributed by atoms with van der Waals surface area (Å²) in [6, 6.07) is 4.06. The minimum Gasteiger partial charge on any atom is -0.464 e. The SMILES string of the molecule is CCc1ccc([C@H](N)CC(C)C)o1. The molecule has 0 fully saturated rings. The molecule has 13 heavy (non-hydrogen) atoms. The molecule has 2 N–H and O–H groups in total. The predicted molar refractivity (Wildman–Crippen MR) is 54.5 cm³/mol. The van der Waals surface area contributed by atoms with Gasteiger partial charge in [0.25, 0.3) is 0 Å². The Morgan fingerprint density at radius 3 is 2.54 bits per heavy atom. The first kappa shape index (κ1) is 10.3. The molecule has 0 amide bonds. The van der Waals surface area contributed by atoms with Crippen LogP contribution in [0.2, 0.25) is 0 Å². The van der Waals surface area contributed by atoms with Crippen LogP contribution in [0.15, 0.2) is 16.5 Å². The standard InChI is InChI=1S/C11H19NO/c1-4-9-5-6-11(13-9)10(12)7-8(2)3/h5-6,8,10H,4,7,12H2,1-3H3/t10-/m1/s1. The molecule has 0 saturated heterocycles. The van der Waals surface area contributed by atoms with Gasteiger partial charge in [-0.1, -0.05) is 20.8 Å². The minimum absolute atomic E-state index is 0.0558. The van der Waals surface area contributed by atoms with E-state index < -0.39 is 0 Å². The van der Waals surface area contributed by atoms with Gasteiger partial charge in [0.05, 0.1) is 6.04 Å². The fourth-order valence-corrected chi connectivity index (χ4v) is 1.41. The van der Waals surface area contributed by atoms with Crippen molar-refractivity contribution in [1.82, 2.24) is 0 Å². The van der Waals surface area contributed by atoms with Crippen molar-refractivity contribution in [2.45, 2.75) is 39.7 Å². The Balaban J connectivity index is 2.60. The van der Waals surface area contributed by atoms with E-state index in [0.29, 0.717) is 5.92 Å². The Kier molecular flexibility index (Phi) is 3.55. The van der Waals surface area contributed by atoms with Crippen LogP contribution >= 0.6 is 0 Å². The molecule has 74 valence electrons. The third kappa shape index (κ3) is 2.88. The normalized spacial score (nSPS) is 13.6. The molecule has 1 rings (SSSR count). The first-order valence-corrected chi connectivity index (χ1v) is 4.97. The Labute approximate surface area is 80.1 Å². The molecule has 0 saturated carbocycles. The fourth-order valence-electron chi connectivity index (χ4n) is 1.41. The molecule has 2 heteroatoms. The van der Waals surface area contributed by atoms with Gasteiger partial charge in [-0.2, -0.15) is 0 Å². The third-order valence-corrected chi connectivity index (χ3v) is 2.12. The van der Waals surface area contributed by atoms with Gasteiger partial charge in [-0.25, -0.2) is 0 Å². The van der Waals surface area contributed by atoms with Gasteiger partial charge in [-0.05, 0) is 24.5 Å². The Morgan fingerprint density at radius 2 is 2.08 bits per heavy atom. The maximum absolute atomic E-state index is 5.97. The highest BCUT2D eigenvalue weighted by molar-refractivity contribution is 5.10. The van der Waals surface area contributed by atoms with Gasteiger partial charge in [0.1, 0.15) is 11.5 Å². The van der Waals surface area contributed by atoms with Gasteiger partial charge < -0.3 is 10.2 Å². The number of hydrogen-bond donors (Lipinski definition) is 1. The van der Waals surface area contributed by atoms with Gasteiger partial charge in [-0.3, -0.25) is 0 Å². The van der Waals surface area contributed by atoms with Gasteiger partial charge in [0.2, 0.25) is 0 Å². The highest BCUT2D eigenvalue weighted by Gasteiger charge is 2.11. The van der Waals surface area contributed by atoms with E-state index in [1.165, 1.54) is 0 Å². The number of hydrogen-bond acceptors (Lipinski definition) is 2. The molecule has 2 nitrogen and oxygen atoms in total. The average Bonchev–Trinajstić information content (AvgIpc) is 2.50. The second-order valence-corrected chi connectivity index (χ2v) is 3.89. The van der Waals surface area contributed by atoms with E-state index in [2.05, 4.69) is 20.8 Å². The summed E-state index contributed by atoms with van der Waals surface area (Å²) < 4.78 is 5.57. The summed E-state index contributed by atoms with van der Waals surface area (Å²) in [7, 11) is 0. The smallest absolute Gasteiger partial charge is 0.120 e. The third-order valence-electron chi connectivity index (χ3n) is 2.12. The molecule has 0 bridgehead atoms. The van der Waals surface area contributed by atoms with Crippen LogP contribution in [0.25, 0.3) is 0 Å². The van der Waals surface area contributed by atoms with Crippen LogP contribution in [0.1, 0.15) is 44.8 Å². The second-order valence-electron chi connectivity index (χ2n) is 3.89. The second kappa shape index (κ2) is 4.47. The summed E-state index contributed by atoms with van der Waals surface area (Å²) in [5.74, 6) is 2.56. The van der Waals surface area contributed by atoms with E-state index in [1.54, 1.807) is 0 Å². The van der Waals surface area contributed by atoms with E-state index >= 15 is 0 Å². The minimum atomic E-state index is 0.0558. The quantitative estimate of drug-likeness (QED) is 0.775. The molecule has 0 aliphatic rings. The molecular formula is C11H19NO. The van der Waals surface area contributed by atoms with E-state index in [-0.39, 0.29) is 6.04 Å². The number of rotatable bonds is 4. The highest BCUT2D eigenvalue weighted by atomic mass is 16.3. The Morgan fingerprint density at radius 1 is 1.38 bits per heavy atom. The summed E-state index contributed by atoms with van der Waals surface area (Å²) in [4.78, 5) is 0. The lowest BCUT2D eigenvalue weighted by molar-refractivity contribution is 0.398. The first-order chi connectivity index (χ1) is 6.13. The maximum Gasteiger partial charge on any atom is 0.120 e. The molecule has 0 radical (unpaired) electrons. The van der Waals surface area contributed by atoms with Gasteiger partial charge in [0.15, 0.2) is 0 Å². The lowest BCUT2D eigenvalue weighted by Crippen LogP contribution is -2.11. The molecule has 1 aromatic heterocycles. The molecule has 0 aliphatic carbocycles. The van der Waals surface area contributed by atoms with Crippen molar-refractivity contribution in [1.29, 1.82) is 0 Å². The zero-order valence-corrected chi connectivity index (χ0v) is 8.71. The van der Waals surface area contributed by atoms with Gasteiger partial charge >= 0.3 is 0 Å². The van der Waals surface area contributed by atoms with Crippen LogP contribution in [0, 0.1) is 5.92 Å². The van der Waals surface area contributed by atoms with Crippen molar-refractivity contribution < 1.29 is 4.42 Å². The zero-order chi connectivity index (χ0) is 9.84. The first-order valence-electron chi connectivity index (χ1n) is 4.97. The van der Waals surface area contributed by atoms with Crippen molar-refractivity contribution in [3.8, 4) is 0 Å². The van der Waals surface area contributed by atoms with E-state index in [1.807, 2.05) is 12.1 Å². The van der Waals surface area contributed by atoms with Crippen molar-refractivity contribution in [3.05, 3.63) is 23.7 Å². The molecule has 1 atom stereocenters. The predicted octanol–water partition coefficient (Wildman–Crippen LogP) is 2.89. The van der Waals surface area contributed by atoms with Crippen LogP contribution < -0.4 is 5.73 Å². The van der Waals surface area contributed by atoms with E-state index in [9.17, 15) is 0 Å². The number of nitrogens with two attached hydrogens (primary N) is 1. The van der Waals surface area contributed by atoms with Crippen LogP contribution in [0.3, 0.4) is 0 Å². The summed E-state index contributed by atoms with van der Waals surface area (Å²) in [6.07, 6.45) is 1.92. The molecular weight excluding hydrogens is 162 g/mol. The highest BCUT2D eigenvalue weighted by Crippen LogP contribution is 2.20. The van der Waals surface area contributed by atoms with Crippen molar-refractivity contribution in [2.24, 2.45) is 11.7 Å². The van der Waals surface area contributed by atoms with Crippen molar-refractivity contribution in [3.63, 3.8) is 0 Å². The number of aryl methyl sites for hydroxylation is 1. The lowest BCUT2D eigenvalue weighted by atomic mass is 10.0. The average molecular weight is 181 g/mol. The lowest BCUT2D eigenvalue weighted by Gasteiger charge is -2.10. The molecule has 0 aliphatic heterocycles. The van der Waals surface area contributed by atoms with Crippen LogP contribution in [0.5, 0.6) is 0 Å². The van der Waals surface area contributed by atoms with Gasteiger partial charge in [0, 0.05) is 6.42 Å². The number of furan rings is 1. The Hall–Kier alpha value is -0.760. The fraction of sp³-hybridized carbons (Fsp3) is 0.636. The zero-order valence-electron chi connectivity index (χ0n) is 8.71. The monoisotopic (exact) mass is 181 g/mol. The topological polar surface area (TPSA) is 39.2 Å². The molecule has 1 aromatic rings. The summed E-state index contributed by atoms with van der Waals surface area (Å²) in [5, 5.41) is 0. The van der Waals surface area contributed by atoms with Crippen LogP contribution in [-0.4, -0.2) is 0 Å². The molecule has 1 heterocycles. The molecule has 0 spiro atoms. The molecule has 0 unspecified atom stereocenters. The van der Waals surface area contributed by atoms with Crippen LogP contribution in [-0.2, 0) is 6.42 Å². The van der Waals surface area contributed by atoms with Gasteiger partial charge in [-0.15, -0.1) is 0 Å². The van der Waals surface area contributed by atoms with E-state index in [4.69, 9.17) is 10.2 Å². The molecule has 0 aromatic carbocycles. The maximum atomic E-state index is 5.97. The van der Waals surface area contributed by atoms with Crippen molar-refractivity contribution in [2.75, 3.05) is 0 Å². The summed E-state index contributed by atoms with van der Waals surface area (Å²) >= 11 is 0. The summed E-state index contributed by atoms with van der Waals surface area (Å²) in [6.45, 7) is 6.42. The van der Waals surface area contributed by atoms with E-state index in [0.717, 1.165) is 24.4 Å². The van der Waals surface area contributed by atoms with Crippen molar-refractivity contribution >= 4 is 0 Å². The summed E-state index contributed by atoms with van der Waals surface area (Å²) in [5.41, 5.74) is 5.97. The van der Waals surface area contributed by atoms with Crippen LogP contribution in [0.4, 0.5) is 0 Å². The Bertz CT molecular complexity index is 252. The largest absolute Gasteiger partial charge is 0.464 e.